The molecule has 112 valence electrons. The van der Waals surface area contributed by atoms with Gasteiger partial charge in [0, 0.05) is 30.1 Å². The van der Waals surface area contributed by atoms with Crippen molar-refractivity contribution in [2.45, 2.75) is 0 Å². The Labute approximate surface area is 132 Å². The van der Waals surface area contributed by atoms with Gasteiger partial charge in [-0.3, -0.25) is 4.79 Å². The fourth-order valence-electron chi connectivity index (χ4n) is 2.89. The second-order valence-corrected chi connectivity index (χ2v) is 6.14. The molecule has 0 bridgehead atoms. The number of benzene rings is 1. The van der Waals surface area contributed by atoms with Crippen molar-refractivity contribution in [3.63, 3.8) is 0 Å². The molecule has 4 rings (SSSR count). The molecule has 0 atom stereocenters. The summed E-state index contributed by atoms with van der Waals surface area (Å²) in [5.74, 6) is 0.878. The van der Waals surface area contributed by atoms with Crippen molar-refractivity contribution in [3.8, 4) is 11.1 Å². The molecule has 1 aromatic carbocycles. The van der Waals surface area contributed by atoms with Gasteiger partial charge in [-0.2, -0.15) is 11.3 Å². The van der Waals surface area contributed by atoms with Gasteiger partial charge in [-0.15, -0.1) is 0 Å². The minimum atomic E-state index is 0.0623. The minimum Gasteiger partial charge on any atom is -0.378 e. The molecule has 1 saturated heterocycles. The molecule has 22 heavy (non-hydrogen) atoms. The normalized spacial score (nSPS) is 15.4. The van der Waals surface area contributed by atoms with E-state index in [0.29, 0.717) is 13.2 Å². The number of ether oxygens (including phenoxy) is 1. The van der Waals surface area contributed by atoms with E-state index in [1.54, 1.807) is 17.4 Å². The average molecular weight is 312 g/mol. The Morgan fingerprint density at radius 2 is 2.05 bits per heavy atom. The number of thiophene rings is 1. The molecule has 1 N–H and O–H groups in total. The number of fused-ring (bicyclic) bond motifs is 1. The van der Waals surface area contributed by atoms with Crippen LogP contribution in [0.1, 0.15) is 0 Å². The van der Waals surface area contributed by atoms with Gasteiger partial charge in [-0.1, -0.05) is 12.1 Å². The first kappa shape index (κ1) is 13.5. The Hall–Kier alpha value is -2.11. The third-order valence-corrected chi connectivity index (χ3v) is 4.72. The van der Waals surface area contributed by atoms with Gasteiger partial charge >= 0.3 is 0 Å². The van der Waals surface area contributed by atoms with Crippen LogP contribution in [0.4, 0.5) is 5.82 Å². The average Bonchev–Trinajstić information content (AvgIpc) is 3.09. The highest BCUT2D eigenvalue weighted by atomic mass is 32.1. The standard InChI is InChI=1S/C17H16N2O2S/c20-15-10-16(19-5-7-21-8-6-19)18-17-13(2-1-3-14(15)17)12-4-9-22-11-12/h1-4,9-11H,5-8H2,(H,18,20). The Balaban J connectivity index is 1.91. The first-order chi connectivity index (χ1) is 10.8. The van der Waals surface area contributed by atoms with E-state index >= 15 is 0 Å². The highest BCUT2D eigenvalue weighted by molar-refractivity contribution is 7.08. The molecule has 0 spiro atoms. The summed E-state index contributed by atoms with van der Waals surface area (Å²) in [5.41, 5.74) is 3.19. The fraction of sp³-hybridized carbons (Fsp3) is 0.235. The predicted octanol–water partition coefficient (Wildman–Crippen LogP) is 3.09. The third-order valence-electron chi connectivity index (χ3n) is 4.03. The van der Waals surface area contributed by atoms with Gasteiger partial charge in [0.1, 0.15) is 5.82 Å². The van der Waals surface area contributed by atoms with Crippen LogP contribution in [0.5, 0.6) is 0 Å². The number of pyridine rings is 1. The largest absolute Gasteiger partial charge is 0.378 e. The summed E-state index contributed by atoms with van der Waals surface area (Å²) >= 11 is 1.66. The molecule has 1 aliphatic rings. The second kappa shape index (κ2) is 5.59. The van der Waals surface area contributed by atoms with Crippen molar-refractivity contribution in [1.82, 2.24) is 4.98 Å². The van der Waals surface area contributed by atoms with E-state index in [9.17, 15) is 4.79 Å². The van der Waals surface area contributed by atoms with Crippen LogP contribution < -0.4 is 10.3 Å². The lowest BCUT2D eigenvalue weighted by Gasteiger charge is -2.28. The number of aromatic nitrogens is 1. The molecule has 0 aliphatic carbocycles. The highest BCUT2D eigenvalue weighted by Crippen LogP contribution is 2.29. The van der Waals surface area contributed by atoms with Gasteiger partial charge in [-0.25, -0.2) is 0 Å². The molecule has 3 aromatic rings. The third kappa shape index (κ3) is 2.32. The van der Waals surface area contributed by atoms with Crippen LogP contribution in [0.25, 0.3) is 22.0 Å². The molecular weight excluding hydrogens is 296 g/mol. The highest BCUT2D eigenvalue weighted by Gasteiger charge is 2.15. The molecule has 1 aliphatic heterocycles. The number of nitrogens with zero attached hydrogens (tertiary/aromatic N) is 1. The van der Waals surface area contributed by atoms with Crippen LogP contribution in [-0.2, 0) is 4.74 Å². The lowest BCUT2D eigenvalue weighted by molar-refractivity contribution is 0.122. The van der Waals surface area contributed by atoms with Crippen LogP contribution >= 0.6 is 11.3 Å². The zero-order chi connectivity index (χ0) is 14.9. The summed E-state index contributed by atoms with van der Waals surface area (Å²) in [4.78, 5) is 18.1. The van der Waals surface area contributed by atoms with Crippen LogP contribution in [0.15, 0.2) is 45.9 Å². The summed E-state index contributed by atoms with van der Waals surface area (Å²) < 4.78 is 5.39. The SMILES string of the molecule is O=c1cc(N2CCOCC2)[nH]c2c(-c3ccsc3)cccc12. The van der Waals surface area contributed by atoms with Gasteiger partial charge in [0.25, 0.3) is 0 Å². The summed E-state index contributed by atoms with van der Waals surface area (Å²) in [6, 6.07) is 9.67. The smallest absolute Gasteiger partial charge is 0.191 e. The maximum absolute atomic E-state index is 12.5. The number of anilines is 1. The Morgan fingerprint density at radius 3 is 2.82 bits per heavy atom. The number of rotatable bonds is 2. The van der Waals surface area contributed by atoms with Gasteiger partial charge in [0.05, 0.1) is 18.7 Å². The van der Waals surface area contributed by atoms with Gasteiger partial charge in [0.2, 0.25) is 0 Å². The Kier molecular flexibility index (Phi) is 3.44. The lowest BCUT2D eigenvalue weighted by Crippen LogP contribution is -2.37. The van der Waals surface area contributed by atoms with Gasteiger partial charge in [0.15, 0.2) is 5.43 Å². The maximum atomic E-state index is 12.5. The van der Waals surface area contributed by atoms with Crippen LogP contribution in [-0.4, -0.2) is 31.3 Å². The molecule has 0 unspecified atom stereocenters. The lowest BCUT2D eigenvalue weighted by atomic mass is 10.0. The van der Waals surface area contributed by atoms with E-state index in [2.05, 4.69) is 32.8 Å². The first-order valence-corrected chi connectivity index (χ1v) is 8.28. The number of aromatic amines is 1. The topological polar surface area (TPSA) is 45.3 Å². The second-order valence-electron chi connectivity index (χ2n) is 5.36. The number of nitrogens with one attached hydrogen (secondary N) is 1. The van der Waals surface area contributed by atoms with E-state index < -0.39 is 0 Å². The zero-order valence-corrected chi connectivity index (χ0v) is 12.9. The first-order valence-electron chi connectivity index (χ1n) is 7.34. The number of hydrogen-bond donors (Lipinski definition) is 1. The molecule has 1 fully saturated rings. The molecule has 0 radical (unpaired) electrons. The summed E-state index contributed by atoms with van der Waals surface area (Å²) in [5, 5.41) is 4.90. The van der Waals surface area contributed by atoms with Crippen molar-refractivity contribution >= 4 is 28.1 Å². The van der Waals surface area contributed by atoms with Crippen molar-refractivity contribution in [1.29, 1.82) is 0 Å². The number of morpholine rings is 1. The Morgan fingerprint density at radius 1 is 1.18 bits per heavy atom. The summed E-state index contributed by atoms with van der Waals surface area (Å²) in [7, 11) is 0. The van der Waals surface area contributed by atoms with Crippen LogP contribution in [0.2, 0.25) is 0 Å². The molecule has 5 heteroatoms. The van der Waals surface area contributed by atoms with E-state index in [1.165, 1.54) is 0 Å². The molecule has 0 amide bonds. The zero-order valence-electron chi connectivity index (χ0n) is 12.0. The van der Waals surface area contributed by atoms with Gasteiger partial charge < -0.3 is 14.6 Å². The van der Waals surface area contributed by atoms with Crippen molar-refractivity contribution < 1.29 is 4.74 Å². The monoisotopic (exact) mass is 312 g/mol. The quantitative estimate of drug-likeness (QED) is 0.791. The molecule has 4 nitrogen and oxygen atoms in total. The van der Waals surface area contributed by atoms with Crippen LogP contribution in [0, 0.1) is 0 Å². The molecule has 2 aromatic heterocycles. The molecule has 0 saturated carbocycles. The molecular formula is C17H16N2O2S. The number of para-hydroxylation sites is 1. The summed E-state index contributed by atoms with van der Waals surface area (Å²) in [6.07, 6.45) is 0. The van der Waals surface area contributed by atoms with E-state index in [1.807, 2.05) is 12.1 Å². The van der Waals surface area contributed by atoms with Crippen molar-refractivity contribution in [2.24, 2.45) is 0 Å². The minimum absolute atomic E-state index is 0.0623. The number of hydrogen-bond acceptors (Lipinski definition) is 4. The number of H-pyrrole nitrogens is 1. The van der Waals surface area contributed by atoms with E-state index in [0.717, 1.165) is 40.9 Å². The molecule has 3 heterocycles. The van der Waals surface area contributed by atoms with Crippen molar-refractivity contribution in [3.05, 3.63) is 51.3 Å². The summed E-state index contributed by atoms with van der Waals surface area (Å²) in [6.45, 7) is 3.02. The Bertz CT molecular complexity index is 849. The van der Waals surface area contributed by atoms with E-state index in [4.69, 9.17) is 4.74 Å². The van der Waals surface area contributed by atoms with Crippen molar-refractivity contribution in [2.75, 3.05) is 31.2 Å². The van der Waals surface area contributed by atoms with Gasteiger partial charge in [-0.05, 0) is 28.5 Å². The predicted molar refractivity (Wildman–Crippen MR) is 90.9 cm³/mol. The van der Waals surface area contributed by atoms with Crippen LogP contribution in [0.3, 0.4) is 0 Å². The maximum Gasteiger partial charge on any atom is 0.191 e. The fourth-order valence-corrected chi connectivity index (χ4v) is 3.55. The van der Waals surface area contributed by atoms with E-state index in [-0.39, 0.29) is 5.43 Å².